The van der Waals surface area contributed by atoms with E-state index in [1.54, 1.807) is 18.7 Å². The summed E-state index contributed by atoms with van der Waals surface area (Å²) in [6, 6.07) is 1.40. The van der Waals surface area contributed by atoms with Gasteiger partial charge in [-0.2, -0.15) is 4.37 Å². The maximum atomic E-state index is 14.0. The summed E-state index contributed by atoms with van der Waals surface area (Å²) in [6.45, 7) is 2.02. The Balaban J connectivity index is 1.58. The Morgan fingerprint density at radius 3 is 2.81 bits per heavy atom. The molecule has 0 spiro atoms. The fourth-order valence-electron chi connectivity index (χ4n) is 2.62. The molecule has 9 nitrogen and oxygen atoms in total. The number of urea groups is 1. The lowest BCUT2D eigenvalue weighted by Gasteiger charge is -2.08. The van der Waals surface area contributed by atoms with E-state index < -0.39 is 30.2 Å². The zero-order valence-electron chi connectivity index (χ0n) is 16.4. The molecule has 0 aliphatic carbocycles. The van der Waals surface area contributed by atoms with Crippen LogP contribution in [0.5, 0.6) is 5.88 Å². The highest BCUT2D eigenvalue weighted by molar-refractivity contribution is 7.11. The third-order valence-electron chi connectivity index (χ3n) is 4.23. The molecule has 0 radical (unpaired) electrons. The molecular weight excluding hydrogens is 432 g/mol. The van der Waals surface area contributed by atoms with Gasteiger partial charge in [0.25, 0.3) is 0 Å². The van der Waals surface area contributed by atoms with Crippen LogP contribution < -0.4 is 15.4 Å². The third-order valence-corrected chi connectivity index (χ3v) is 4.98. The SMILES string of the molecule is Cc1cc(F)c(COc2nsc(NC(=O)NCCCn3ccnc3)c2C(=O)O)cc1F. The molecule has 2 aromatic heterocycles. The van der Waals surface area contributed by atoms with Gasteiger partial charge < -0.3 is 19.7 Å². The Morgan fingerprint density at radius 1 is 1.29 bits per heavy atom. The van der Waals surface area contributed by atoms with Crippen LogP contribution in [0.25, 0.3) is 0 Å². The van der Waals surface area contributed by atoms with E-state index in [-0.39, 0.29) is 27.6 Å². The van der Waals surface area contributed by atoms with Crippen molar-refractivity contribution < 1.29 is 28.2 Å². The van der Waals surface area contributed by atoms with Gasteiger partial charge in [-0.25, -0.2) is 23.4 Å². The van der Waals surface area contributed by atoms with Crippen molar-refractivity contribution in [2.75, 3.05) is 11.9 Å². The van der Waals surface area contributed by atoms with Crippen molar-refractivity contribution in [1.82, 2.24) is 19.2 Å². The number of aromatic nitrogens is 3. The molecule has 12 heteroatoms. The lowest BCUT2D eigenvalue weighted by Crippen LogP contribution is -2.30. The van der Waals surface area contributed by atoms with E-state index in [9.17, 15) is 23.5 Å². The van der Waals surface area contributed by atoms with Gasteiger partial charge in [0.2, 0.25) is 5.88 Å². The van der Waals surface area contributed by atoms with Crippen LogP contribution in [-0.4, -0.2) is 37.6 Å². The number of aromatic carboxylic acids is 1. The van der Waals surface area contributed by atoms with Gasteiger partial charge in [0.05, 0.1) is 6.33 Å². The summed E-state index contributed by atoms with van der Waals surface area (Å²) in [5.74, 6) is -2.97. The molecule has 2 heterocycles. The van der Waals surface area contributed by atoms with Crippen LogP contribution in [0.3, 0.4) is 0 Å². The lowest BCUT2D eigenvalue weighted by atomic mass is 10.1. The molecule has 164 valence electrons. The number of ether oxygens (including phenoxy) is 1. The van der Waals surface area contributed by atoms with Crippen molar-refractivity contribution in [2.45, 2.75) is 26.5 Å². The molecule has 0 bridgehead atoms. The number of carbonyl (C=O) groups excluding carboxylic acids is 1. The number of carbonyl (C=O) groups is 2. The average Bonchev–Trinajstić information content (AvgIpc) is 3.37. The number of nitrogens with zero attached hydrogens (tertiary/aromatic N) is 3. The number of aryl methyl sites for hydroxylation is 2. The van der Waals surface area contributed by atoms with Crippen LogP contribution in [0.2, 0.25) is 0 Å². The number of carboxylic acids is 1. The van der Waals surface area contributed by atoms with Gasteiger partial charge in [-0.1, -0.05) is 0 Å². The van der Waals surface area contributed by atoms with Crippen LogP contribution in [-0.2, 0) is 13.2 Å². The van der Waals surface area contributed by atoms with E-state index in [2.05, 4.69) is 20.0 Å². The summed E-state index contributed by atoms with van der Waals surface area (Å²) in [7, 11) is 0. The van der Waals surface area contributed by atoms with Crippen LogP contribution in [0.15, 0.2) is 30.9 Å². The standard InChI is InChI=1S/C19H19F2N5O4S/c1-11-7-14(21)12(8-13(11)20)9-30-16-15(18(27)28)17(31-25-16)24-19(29)23-3-2-5-26-6-4-22-10-26/h4,6-8,10H,2-3,5,9H2,1H3,(H,27,28)(H2,23,24,29). The van der Waals surface area contributed by atoms with E-state index in [1.165, 1.54) is 6.92 Å². The maximum Gasteiger partial charge on any atom is 0.344 e. The van der Waals surface area contributed by atoms with E-state index in [1.807, 2.05) is 4.57 Å². The van der Waals surface area contributed by atoms with E-state index >= 15 is 0 Å². The molecule has 31 heavy (non-hydrogen) atoms. The number of imidazole rings is 1. The second-order valence-electron chi connectivity index (χ2n) is 6.51. The lowest BCUT2D eigenvalue weighted by molar-refractivity contribution is 0.0693. The number of anilines is 1. The fourth-order valence-corrected chi connectivity index (χ4v) is 3.34. The zero-order chi connectivity index (χ0) is 22.4. The number of benzene rings is 1. The topological polar surface area (TPSA) is 118 Å². The summed E-state index contributed by atoms with van der Waals surface area (Å²) in [5.41, 5.74) is -0.312. The first-order valence-electron chi connectivity index (χ1n) is 9.16. The number of hydrogen-bond donors (Lipinski definition) is 3. The molecule has 3 aromatic rings. The number of halogens is 2. The van der Waals surface area contributed by atoms with Gasteiger partial charge in [-0.05, 0) is 42.6 Å². The minimum Gasteiger partial charge on any atom is -0.477 e. The number of rotatable bonds is 9. The summed E-state index contributed by atoms with van der Waals surface area (Å²) in [6.07, 6.45) is 5.76. The Kier molecular flexibility index (Phi) is 7.13. The molecule has 1 aromatic carbocycles. The van der Waals surface area contributed by atoms with Crippen LogP contribution >= 0.6 is 11.5 Å². The molecule has 0 saturated heterocycles. The summed E-state index contributed by atoms with van der Waals surface area (Å²) in [5, 5.41) is 14.5. The number of hydrogen-bond acceptors (Lipinski definition) is 6. The molecule has 0 atom stereocenters. The Labute approximate surface area is 179 Å². The number of amides is 2. The van der Waals surface area contributed by atoms with Crippen molar-refractivity contribution >= 4 is 28.5 Å². The van der Waals surface area contributed by atoms with Crippen LogP contribution in [0.1, 0.15) is 27.9 Å². The first kappa shape index (κ1) is 22.2. The first-order chi connectivity index (χ1) is 14.8. The van der Waals surface area contributed by atoms with Gasteiger partial charge in [-0.15, -0.1) is 0 Å². The molecule has 0 saturated carbocycles. The molecule has 0 aliphatic rings. The van der Waals surface area contributed by atoms with Gasteiger partial charge in [0.15, 0.2) is 5.56 Å². The van der Waals surface area contributed by atoms with Crippen molar-refractivity contribution in [2.24, 2.45) is 0 Å². The highest BCUT2D eigenvalue weighted by atomic mass is 32.1. The molecule has 3 rings (SSSR count). The predicted molar refractivity (Wildman–Crippen MR) is 108 cm³/mol. The summed E-state index contributed by atoms with van der Waals surface area (Å²) in [4.78, 5) is 27.6. The Bertz CT molecular complexity index is 1070. The predicted octanol–water partition coefficient (Wildman–Crippen LogP) is 3.42. The minimum absolute atomic E-state index is 0.0369. The molecular formula is C19H19F2N5O4S. The highest BCUT2D eigenvalue weighted by Crippen LogP contribution is 2.31. The molecule has 3 N–H and O–H groups in total. The van der Waals surface area contributed by atoms with Crippen molar-refractivity contribution in [3.8, 4) is 5.88 Å². The second-order valence-corrected chi connectivity index (χ2v) is 7.29. The first-order valence-corrected chi connectivity index (χ1v) is 9.93. The quantitative estimate of drug-likeness (QED) is 0.429. The highest BCUT2D eigenvalue weighted by Gasteiger charge is 2.24. The monoisotopic (exact) mass is 451 g/mol. The van der Waals surface area contributed by atoms with Gasteiger partial charge in [0.1, 0.15) is 23.2 Å². The van der Waals surface area contributed by atoms with E-state index in [0.717, 1.165) is 12.1 Å². The van der Waals surface area contributed by atoms with E-state index in [4.69, 9.17) is 4.74 Å². The van der Waals surface area contributed by atoms with Gasteiger partial charge in [0, 0.05) is 31.0 Å². The largest absolute Gasteiger partial charge is 0.477 e. The molecule has 2 amide bonds. The number of nitrogens with one attached hydrogen (secondary N) is 2. The second kappa shape index (κ2) is 9.98. The fraction of sp³-hybridized carbons (Fsp3) is 0.263. The summed E-state index contributed by atoms with van der Waals surface area (Å²) >= 11 is 0.707. The van der Waals surface area contributed by atoms with Crippen molar-refractivity contribution in [3.05, 3.63) is 59.2 Å². The summed E-state index contributed by atoms with van der Waals surface area (Å²) < 4.78 is 38.6. The Hall–Kier alpha value is -3.54. The zero-order valence-corrected chi connectivity index (χ0v) is 17.2. The smallest absolute Gasteiger partial charge is 0.344 e. The van der Waals surface area contributed by atoms with Gasteiger partial charge in [-0.3, -0.25) is 5.32 Å². The molecule has 0 fully saturated rings. The van der Waals surface area contributed by atoms with E-state index in [0.29, 0.717) is 31.0 Å². The minimum atomic E-state index is -1.38. The Morgan fingerprint density at radius 2 is 2.10 bits per heavy atom. The van der Waals surface area contributed by atoms with Crippen molar-refractivity contribution in [1.29, 1.82) is 0 Å². The van der Waals surface area contributed by atoms with Crippen molar-refractivity contribution in [3.63, 3.8) is 0 Å². The average molecular weight is 451 g/mol. The number of carboxylic acid groups (broad SMARTS) is 1. The van der Waals surface area contributed by atoms with Crippen LogP contribution in [0.4, 0.5) is 18.6 Å². The molecule has 0 aliphatic heterocycles. The van der Waals surface area contributed by atoms with Gasteiger partial charge >= 0.3 is 12.0 Å². The van der Waals surface area contributed by atoms with Crippen LogP contribution in [0, 0.1) is 18.6 Å². The normalized spacial score (nSPS) is 10.7. The maximum absolute atomic E-state index is 14.0. The third kappa shape index (κ3) is 5.75. The molecule has 0 unspecified atom stereocenters.